The van der Waals surface area contributed by atoms with Crippen LogP contribution >= 0.6 is 46.4 Å². The summed E-state index contributed by atoms with van der Waals surface area (Å²) in [7, 11) is 0. The molecule has 0 nitrogen and oxygen atoms in total. The quantitative estimate of drug-likeness (QED) is 0.470. The highest BCUT2D eigenvalue weighted by molar-refractivity contribution is 6.34. The van der Waals surface area contributed by atoms with Crippen molar-refractivity contribution in [3.8, 4) is 0 Å². The van der Waals surface area contributed by atoms with Crippen molar-refractivity contribution < 1.29 is 0 Å². The van der Waals surface area contributed by atoms with Gasteiger partial charge in [0, 0.05) is 20.1 Å². The smallest absolute Gasteiger partial charge is 0.0438 e. The normalized spacial score (nSPS) is 10.0. The van der Waals surface area contributed by atoms with Gasteiger partial charge in [-0.2, -0.15) is 0 Å². The van der Waals surface area contributed by atoms with Gasteiger partial charge in [-0.25, -0.2) is 0 Å². The molecule has 0 radical (unpaired) electrons. The zero-order chi connectivity index (χ0) is 15.4. The van der Waals surface area contributed by atoms with Crippen LogP contribution in [0.3, 0.4) is 0 Å². The molecule has 0 aliphatic rings. The van der Waals surface area contributed by atoms with Crippen LogP contribution in [0, 0.1) is 27.7 Å². The molecule has 0 atom stereocenters. The lowest BCUT2D eigenvalue weighted by molar-refractivity contribution is 1.40. The highest BCUT2D eigenvalue weighted by Crippen LogP contribution is 2.24. The molecule has 2 rings (SSSR count). The van der Waals surface area contributed by atoms with E-state index in [1.165, 1.54) is 0 Å². The third-order valence-corrected chi connectivity index (χ3v) is 4.51. The number of aryl methyl sites for hydroxylation is 4. The molecule has 0 aliphatic carbocycles. The van der Waals surface area contributed by atoms with Gasteiger partial charge in [-0.3, -0.25) is 0 Å². The topological polar surface area (TPSA) is 0 Å². The first-order valence-corrected chi connectivity index (χ1v) is 7.58. The average Bonchev–Trinajstić information content (AvgIpc) is 2.35. The van der Waals surface area contributed by atoms with Crippen molar-refractivity contribution in [2.45, 2.75) is 27.7 Å². The molecule has 2 aromatic rings. The van der Waals surface area contributed by atoms with Crippen molar-refractivity contribution in [3.63, 3.8) is 0 Å². The van der Waals surface area contributed by atoms with Crippen LogP contribution in [0.1, 0.15) is 22.3 Å². The van der Waals surface area contributed by atoms with E-state index in [0.29, 0.717) is 0 Å². The van der Waals surface area contributed by atoms with Gasteiger partial charge in [0.15, 0.2) is 0 Å². The van der Waals surface area contributed by atoms with Crippen LogP contribution in [0.4, 0.5) is 0 Å². The van der Waals surface area contributed by atoms with E-state index in [4.69, 9.17) is 46.4 Å². The fraction of sp³-hybridized carbons (Fsp3) is 0.250. The minimum absolute atomic E-state index is 0.780. The highest BCUT2D eigenvalue weighted by atomic mass is 35.5. The first-order valence-electron chi connectivity index (χ1n) is 6.07. The van der Waals surface area contributed by atoms with Crippen molar-refractivity contribution in [2.24, 2.45) is 0 Å². The molecular weight excluding hydrogens is 334 g/mol. The minimum Gasteiger partial charge on any atom is -0.0840 e. The molecule has 0 fully saturated rings. The summed E-state index contributed by atoms with van der Waals surface area (Å²) in [5.41, 5.74) is 4.10. The molecule has 2 aromatic carbocycles. The molecule has 108 valence electrons. The lowest BCUT2D eigenvalue weighted by Gasteiger charge is -2.00. The van der Waals surface area contributed by atoms with E-state index >= 15 is 0 Å². The Balaban J connectivity index is 0.000000200. The molecular formula is C16H16Cl4. The molecule has 4 heteroatoms. The number of hydrogen-bond acceptors (Lipinski definition) is 0. The highest BCUT2D eigenvalue weighted by Gasteiger charge is 1.99. The van der Waals surface area contributed by atoms with Gasteiger partial charge >= 0.3 is 0 Å². The molecule has 0 heterocycles. The van der Waals surface area contributed by atoms with Gasteiger partial charge in [-0.1, -0.05) is 46.4 Å². The van der Waals surface area contributed by atoms with Crippen molar-refractivity contribution >= 4 is 46.4 Å². The fourth-order valence-corrected chi connectivity index (χ4v) is 2.36. The summed E-state index contributed by atoms with van der Waals surface area (Å²) in [6, 6.07) is 7.50. The third kappa shape index (κ3) is 4.86. The molecule has 0 aromatic heterocycles. The van der Waals surface area contributed by atoms with E-state index in [2.05, 4.69) is 0 Å². The van der Waals surface area contributed by atoms with Crippen LogP contribution in [-0.4, -0.2) is 0 Å². The first-order chi connectivity index (χ1) is 9.22. The summed E-state index contributed by atoms with van der Waals surface area (Å²) >= 11 is 23.3. The lowest BCUT2D eigenvalue weighted by atomic mass is 10.2. The molecule has 0 unspecified atom stereocenters. The lowest BCUT2D eigenvalue weighted by Crippen LogP contribution is -1.79. The monoisotopic (exact) mass is 348 g/mol. The van der Waals surface area contributed by atoms with Crippen molar-refractivity contribution in [3.05, 3.63) is 66.6 Å². The Morgan fingerprint density at radius 1 is 0.450 bits per heavy atom. The predicted octanol–water partition coefficient (Wildman–Crippen LogP) is 7.22. The summed E-state index contributed by atoms with van der Waals surface area (Å²) in [5, 5.41) is 3.12. The average molecular weight is 350 g/mol. The van der Waals surface area contributed by atoms with Crippen LogP contribution in [0.2, 0.25) is 20.1 Å². The van der Waals surface area contributed by atoms with Crippen LogP contribution in [-0.2, 0) is 0 Å². The Bertz CT molecular complexity index is 462. The second-order valence-corrected chi connectivity index (χ2v) is 6.33. The van der Waals surface area contributed by atoms with Crippen LogP contribution in [0.25, 0.3) is 0 Å². The van der Waals surface area contributed by atoms with E-state index in [0.717, 1.165) is 42.3 Å². The van der Waals surface area contributed by atoms with Crippen molar-refractivity contribution in [2.75, 3.05) is 0 Å². The molecule has 0 N–H and O–H groups in total. The minimum atomic E-state index is 0.780. The second kappa shape index (κ2) is 7.56. The van der Waals surface area contributed by atoms with Gasteiger partial charge in [0.2, 0.25) is 0 Å². The van der Waals surface area contributed by atoms with E-state index in [-0.39, 0.29) is 0 Å². The van der Waals surface area contributed by atoms with Gasteiger partial charge in [0.25, 0.3) is 0 Å². The molecule has 0 spiro atoms. The summed E-state index contributed by atoms with van der Waals surface area (Å²) in [6.07, 6.45) is 0. The molecule has 0 aliphatic heterocycles. The molecule has 0 saturated heterocycles. The maximum absolute atomic E-state index is 5.83. The van der Waals surface area contributed by atoms with Gasteiger partial charge in [-0.15, -0.1) is 0 Å². The van der Waals surface area contributed by atoms with Crippen molar-refractivity contribution in [1.29, 1.82) is 0 Å². The Kier molecular flexibility index (Phi) is 6.68. The largest absolute Gasteiger partial charge is 0.0840 e. The molecule has 0 amide bonds. The molecule has 20 heavy (non-hydrogen) atoms. The van der Waals surface area contributed by atoms with E-state index in [9.17, 15) is 0 Å². The number of rotatable bonds is 0. The third-order valence-electron chi connectivity index (χ3n) is 2.88. The zero-order valence-electron chi connectivity index (χ0n) is 11.8. The SMILES string of the molecule is Cc1cc(Cl)c(C)cc1Cl.Cc1cc(Cl)c(C)cc1Cl. The van der Waals surface area contributed by atoms with Crippen LogP contribution in [0.5, 0.6) is 0 Å². The van der Waals surface area contributed by atoms with Gasteiger partial charge in [0.1, 0.15) is 0 Å². The standard InChI is InChI=1S/2C8H8Cl2/c2*1-5-3-8(10)6(2)4-7(5)9/h2*3-4H,1-2H3. The Morgan fingerprint density at radius 2 is 0.600 bits per heavy atom. The Labute approximate surface area is 140 Å². The zero-order valence-corrected chi connectivity index (χ0v) is 14.8. The van der Waals surface area contributed by atoms with Crippen LogP contribution < -0.4 is 0 Å². The van der Waals surface area contributed by atoms with Gasteiger partial charge < -0.3 is 0 Å². The van der Waals surface area contributed by atoms with Crippen LogP contribution in [0.15, 0.2) is 24.3 Å². The maximum atomic E-state index is 5.83. The number of hydrogen-bond donors (Lipinski definition) is 0. The summed E-state index contributed by atoms with van der Waals surface area (Å²) in [5.74, 6) is 0. The first kappa shape index (κ1) is 17.7. The van der Waals surface area contributed by atoms with E-state index in [1.54, 1.807) is 0 Å². The number of benzene rings is 2. The second-order valence-electron chi connectivity index (χ2n) is 4.70. The number of halogens is 4. The van der Waals surface area contributed by atoms with E-state index in [1.807, 2.05) is 52.0 Å². The van der Waals surface area contributed by atoms with Gasteiger partial charge in [-0.05, 0) is 74.2 Å². The molecule has 0 saturated carbocycles. The summed E-state index contributed by atoms with van der Waals surface area (Å²) in [4.78, 5) is 0. The maximum Gasteiger partial charge on any atom is 0.0438 e. The van der Waals surface area contributed by atoms with Crippen molar-refractivity contribution in [1.82, 2.24) is 0 Å². The Hall–Kier alpha value is -0.400. The fourth-order valence-electron chi connectivity index (χ4n) is 1.49. The Morgan fingerprint density at radius 3 is 0.750 bits per heavy atom. The van der Waals surface area contributed by atoms with E-state index < -0.39 is 0 Å². The predicted molar refractivity (Wildman–Crippen MR) is 91.9 cm³/mol. The summed E-state index contributed by atoms with van der Waals surface area (Å²) in [6.45, 7) is 7.75. The molecule has 0 bridgehead atoms. The van der Waals surface area contributed by atoms with Gasteiger partial charge in [0.05, 0.1) is 0 Å². The summed E-state index contributed by atoms with van der Waals surface area (Å²) < 4.78 is 0.